The number of nitrogens with zero attached hydrogens (tertiary/aromatic N) is 4. The van der Waals surface area contributed by atoms with Gasteiger partial charge >= 0.3 is 6.03 Å². The predicted molar refractivity (Wildman–Crippen MR) is 94.7 cm³/mol. The molecule has 8 nitrogen and oxygen atoms in total. The van der Waals surface area contributed by atoms with Crippen molar-refractivity contribution in [1.82, 2.24) is 24.1 Å². The van der Waals surface area contributed by atoms with E-state index in [1.54, 1.807) is 27.9 Å². The van der Waals surface area contributed by atoms with Gasteiger partial charge in [-0.1, -0.05) is 6.07 Å². The molecule has 2 amide bonds. The minimum atomic E-state index is -3.62. The quantitative estimate of drug-likeness (QED) is 0.856. The fourth-order valence-electron chi connectivity index (χ4n) is 2.68. The summed E-state index contributed by atoms with van der Waals surface area (Å²) in [7, 11) is -1.89. The van der Waals surface area contributed by atoms with Crippen LogP contribution in [0.5, 0.6) is 0 Å². The smallest absolute Gasteiger partial charge is 0.317 e. The van der Waals surface area contributed by atoms with E-state index < -0.39 is 10.0 Å². The molecule has 0 saturated carbocycles. The lowest BCUT2D eigenvalue weighted by Crippen LogP contribution is -2.42. The van der Waals surface area contributed by atoms with Crippen molar-refractivity contribution in [2.75, 3.05) is 26.2 Å². The minimum Gasteiger partial charge on any atom is -0.339 e. The second kappa shape index (κ2) is 7.54. The van der Waals surface area contributed by atoms with Crippen molar-refractivity contribution in [2.45, 2.75) is 18.0 Å². The van der Waals surface area contributed by atoms with Gasteiger partial charge in [0.05, 0.1) is 12.9 Å². The molecule has 0 aliphatic carbocycles. The maximum absolute atomic E-state index is 12.6. The molecule has 1 aliphatic heterocycles. The van der Waals surface area contributed by atoms with Crippen molar-refractivity contribution in [2.24, 2.45) is 7.05 Å². The zero-order valence-electron chi connectivity index (χ0n) is 14.0. The number of carbonyl (C=O) groups is 1. The molecule has 1 N–H and O–H groups in total. The van der Waals surface area contributed by atoms with Gasteiger partial charge in [-0.05, 0) is 17.9 Å². The monoisotopic (exact) mass is 383 g/mol. The van der Waals surface area contributed by atoms with E-state index >= 15 is 0 Å². The number of urea groups is 1. The first-order valence-electron chi connectivity index (χ1n) is 8.00. The summed E-state index contributed by atoms with van der Waals surface area (Å²) >= 11 is 1.59. The Morgan fingerprint density at radius 2 is 2.16 bits per heavy atom. The number of rotatable bonds is 4. The highest BCUT2D eigenvalue weighted by Crippen LogP contribution is 2.16. The molecule has 1 aliphatic rings. The van der Waals surface area contributed by atoms with Crippen LogP contribution < -0.4 is 5.32 Å². The van der Waals surface area contributed by atoms with Crippen molar-refractivity contribution in [1.29, 1.82) is 0 Å². The summed E-state index contributed by atoms with van der Waals surface area (Å²) in [5.41, 5.74) is 0. The highest BCUT2D eigenvalue weighted by atomic mass is 32.2. The molecule has 2 aromatic rings. The fourth-order valence-corrected chi connectivity index (χ4v) is 4.76. The van der Waals surface area contributed by atoms with Crippen LogP contribution in [-0.4, -0.2) is 59.4 Å². The number of aromatic nitrogens is 2. The maximum Gasteiger partial charge on any atom is 0.317 e. The summed E-state index contributed by atoms with van der Waals surface area (Å²) in [6.07, 6.45) is 3.55. The number of hydrogen-bond acceptors (Lipinski definition) is 5. The third kappa shape index (κ3) is 4.20. The first kappa shape index (κ1) is 17.9. The molecule has 3 rings (SSSR count). The van der Waals surface area contributed by atoms with Gasteiger partial charge in [-0.2, -0.15) is 4.31 Å². The van der Waals surface area contributed by atoms with E-state index in [1.807, 2.05) is 17.5 Å². The highest BCUT2D eigenvalue weighted by molar-refractivity contribution is 7.89. The molecule has 10 heteroatoms. The van der Waals surface area contributed by atoms with Gasteiger partial charge in [0.2, 0.25) is 0 Å². The summed E-state index contributed by atoms with van der Waals surface area (Å²) in [6, 6.07) is 3.75. The first-order valence-corrected chi connectivity index (χ1v) is 10.3. The van der Waals surface area contributed by atoms with Gasteiger partial charge in [-0.15, -0.1) is 11.3 Å². The Morgan fingerprint density at radius 1 is 1.32 bits per heavy atom. The van der Waals surface area contributed by atoms with E-state index in [-0.39, 0.29) is 17.6 Å². The number of amides is 2. The molecule has 0 unspecified atom stereocenters. The minimum absolute atomic E-state index is 0.0468. The highest BCUT2D eigenvalue weighted by Gasteiger charge is 2.29. The van der Waals surface area contributed by atoms with Crippen molar-refractivity contribution in [3.63, 3.8) is 0 Å². The van der Waals surface area contributed by atoms with Crippen molar-refractivity contribution < 1.29 is 13.2 Å². The Bertz CT molecular complexity index is 816. The van der Waals surface area contributed by atoms with Crippen LogP contribution in [0.4, 0.5) is 4.79 Å². The van der Waals surface area contributed by atoms with E-state index in [2.05, 4.69) is 10.3 Å². The van der Waals surface area contributed by atoms with Crippen LogP contribution >= 0.6 is 11.3 Å². The Balaban J connectivity index is 1.59. The van der Waals surface area contributed by atoms with Gasteiger partial charge in [0.25, 0.3) is 10.0 Å². The summed E-state index contributed by atoms with van der Waals surface area (Å²) in [5.74, 6) is 0. The van der Waals surface area contributed by atoms with Crippen LogP contribution in [0.15, 0.2) is 35.1 Å². The summed E-state index contributed by atoms with van der Waals surface area (Å²) in [5, 5.41) is 4.90. The van der Waals surface area contributed by atoms with E-state index in [4.69, 9.17) is 0 Å². The first-order chi connectivity index (χ1) is 12.0. The third-order valence-electron chi connectivity index (χ3n) is 4.02. The van der Waals surface area contributed by atoms with Gasteiger partial charge in [-0.25, -0.2) is 18.2 Å². The molecule has 25 heavy (non-hydrogen) atoms. The van der Waals surface area contributed by atoms with Crippen molar-refractivity contribution in [3.8, 4) is 0 Å². The lowest BCUT2D eigenvalue weighted by atomic mass is 10.4. The molecular formula is C15H21N5O3S2. The molecule has 0 radical (unpaired) electrons. The summed E-state index contributed by atoms with van der Waals surface area (Å²) in [4.78, 5) is 19.0. The molecule has 0 spiro atoms. The van der Waals surface area contributed by atoms with Gasteiger partial charge in [-0.3, -0.25) is 0 Å². The molecule has 0 atom stereocenters. The fraction of sp³-hybridized carbons (Fsp3) is 0.467. The molecule has 0 aromatic carbocycles. The lowest BCUT2D eigenvalue weighted by Gasteiger charge is -2.21. The largest absolute Gasteiger partial charge is 0.339 e. The molecule has 2 aromatic heterocycles. The second-order valence-electron chi connectivity index (χ2n) is 5.86. The Hall–Kier alpha value is -1.91. The van der Waals surface area contributed by atoms with Crippen LogP contribution in [0.2, 0.25) is 0 Å². The van der Waals surface area contributed by atoms with Crippen LogP contribution in [0, 0.1) is 0 Å². The topological polar surface area (TPSA) is 87.5 Å². The average Bonchev–Trinajstić information content (AvgIpc) is 3.19. The van der Waals surface area contributed by atoms with E-state index in [0.29, 0.717) is 32.6 Å². The van der Waals surface area contributed by atoms with Crippen molar-refractivity contribution >= 4 is 27.4 Å². The number of carbonyl (C=O) groups excluding carboxylic acids is 1. The normalized spacial score (nSPS) is 16.6. The molecule has 3 heterocycles. The summed E-state index contributed by atoms with van der Waals surface area (Å²) in [6.45, 7) is 2.04. The number of thiophene rings is 1. The molecule has 1 fully saturated rings. The number of sulfonamides is 1. The predicted octanol–water partition coefficient (Wildman–Crippen LogP) is 1.09. The summed E-state index contributed by atoms with van der Waals surface area (Å²) < 4.78 is 28.3. The third-order valence-corrected chi connectivity index (χ3v) is 6.68. The molecule has 1 saturated heterocycles. The van der Waals surface area contributed by atoms with Crippen LogP contribution in [-0.2, 0) is 23.6 Å². The van der Waals surface area contributed by atoms with E-state index in [0.717, 1.165) is 4.88 Å². The second-order valence-corrected chi connectivity index (χ2v) is 8.78. The molecule has 136 valence electrons. The average molecular weight is 383 g/mol. The van der Waals surface area contributed by atoms with Gasteiger partial charge in [0.15, 0.2) is 5.03 Å². The zero-order chi connectivity index (χ0) is 17.9. The number of imidazole rings is 1. The van der Waals surface area contributed by atoms with Crippen LogP contribution in [0.25, 0.3) is 0 Å². The van der Waals surface area contributed by atoms with E-state index in [9.17, 15) is 13.2 Å². The standard InChI is InChI=1S/C15H21N5O3S2/c1-18-11-14(17-12-18)25(22,23)20-6-3-5-19(7-8-20)15(21)16-10-13-4-2-9-24-13/h2,4,9,11-12H,3,5-8,10H2,1H3,(H,16,21). The zero-order valence-corrected chi connectivity index (χ0v) is 15.6. The molecule has 0 bridgehead atoms. The van der Waals surface area contributed by atoms with Crippen molar-refractivity contribution in [3.05, 3.63) is 34.9 Å². The van der Waals surface area contributed by atoms with Crippen LogP contribution in [0.3, 0.4) is 0 Å². The molecular weight excluding hydrogens is 362 g/mol. The van der Waals surface area contributed by atoms with Gasteiger partial charge in [0.1, 0.15) is 0 Å². The maximum atomic E-state index is 12.6. The number of nitrogens with one attached hydrogen (secondary N) is 1. The Kier molecular flexibility index (Phi) is 5.40. The number of aryl methyl sites for hydroxylation is 1. The van der Waals surface area contributed by atoms with Gasteiger partial charge in [0, 0.05) is 44.3 Å². The SMILES string of the molecule is Cn1cnc(S(=O)(=O)N2CCCN(C(=O)NCc3cccs3)CC2)c1. The lowest BCUT2D eigenvalue weighted by molar-refractivity contribution is 0.200. The van der Waals surface area contributed by atoms with Crippen LogP contribution in [0.1, 0.15) is 11.3 Å². The van der Waals surface area contributed by atoms with Gasteiger partial charge < -0.3 is 14.8 Å². The Morgan fingerprint density at radius 3 is 2.84 bits per heavy atom. The van der Waals surface area contributed by atoms with E-state index in [1.165, 1.54) is 16.8 Å². The Labute approximate surface area is 151 Å². The number of hydrogen-bond donors (Lipinski definition) is 1.